The van der Waals surface area contributed by atoms with Crippen molar-refractivity contribution in [2.75, 3.05) is 18.5 Å². The zero-order chi connectivity index (χ0) is 22.9. The summed E-state index contributed by atoms with van der Waals surface area (Å²) in [5.41, 5.74) is 0.435. The van der Waals surface area contributed by atoms with Gasteiger partial charge in [-0.15, -0.1) is 0 Å². The largest absolute Gasteiger partial charge is 0.492 e. The molecular formula is C24H26N4O4. The third-order valence-electron chi connectivity index (χ3n) is 4.51. The van der Waals surface area contributed by atoms with Crippen LogP contribution in [0.3, 0.4) is 0 Å². The van der Waals surface area contributed by atoms with Crippen molar-refractivity contribution in [3.05, 3.63) is 88.3 Å². The van der Waals surface area contributed by atoms with Gasteiger partial charge in [0.05, 0.1) is 17.8 Å². The summed E-state index contributed by atoms with van der Waals surface area (Å²) in [5, 5.41) is 9.70. The second-order valence-electron chi connectivity index (χ2n) is 7.55. The predicted molar refractivity (Wildman–Crippen MR) is 122 cm³/mol. The first-order valence-electron chi connectivity index (χ1n) is 10.4. The lowest BCUT2D eigenvalue weighted by Crippen LogP contribution is -2.30. The van der Waals surface area contributed by atoms with Crippen LogP contribution >= 0.6 is 0 Å². The Bertz CT molecular complexity index is 1130. The van der Waals surface area contributed by atoms with Crippen molar-refractivity contribution < 1.29 is 14.3 Å². The van der Waals surface area contributed by atoms with Gasteiger partial charge in [0.2, 0.25) is 0 Å². The molecule has 3 aromatic rings. The number of rotatable bonds is 9. The lowest BCUT2D eigenvalue weighted by atomic mass is 10.1. The zero-order valence-corrected chi connectivity index (χ0v) is 18.1. The van der Waals surface area contributed by atoms with Crippen LogP contribution in [0.15, 0.2) is 71.5 Å². The Balaban J connectivity index is 1.69. The predicted octanol–water partition coefficient (Wildman–Crippen LogP) is 2.96. The highest BCUT2D eigenvalue weighted by Crippen LogP contribution is 2.16. The Labute approximate surface area is 186 Å². The number of hydrogen-bond donors (Lipinski definition) is 2. The molecule has 0 saturated carbocycles. The molecule has 3 rings (SSSR count). The van der Waals surface area contributed by atoms with Crippen LogP contribution in [-0.2, 0) is 6.54 Å². The fourth-order valence-electron chi connectivity index (χ4n) is 2.87. The summed E-state index contributed by atoms with van der Waals surface area (Å²) in [6.45, 7) is 4.93. The number of amides is 2. The number of carbonyl (C=O) groups is 2. The Morgan fingerprint density at radius 2 is 1.69 bits per heavy atom. The van der Waals surface area contributed by atoms with Gasteiger partial charge in [-0.05, 0) is 36.2 Å². The van der Waals surface area contributed by atoms with E-state index in [1.54, 1.807) is 24.3 Å². The summed E-state index contributed by atoms with van der Waals surface area (Å²) in [5.74, 6) is 0.191. The van der Waals surface area contributed by atoms with Gasteiger partial charge in [0, 0.05) is 12.6 Å². The van der Waals surface area contributed by atoms with E-state index in [9.17, 15) is 14.4 Å². The number of aromatic nitrogens is 2. The highest BCUT2D eigenvalue weighted by atomic mass is 16.5. The molecule has 0 spiro atoms. The minimum absolute atomic E-state index is 0.0571. The number of para-hydroxylation sites is 2. The molecule has 0 saturated heterocycles. The van der Waals surface area contributed by atoms with E-state index in [-0.39, 0.29) is 30.3 Å². The summed E-state index contributed by atoms with van der Waals surface area (Å²) < 4.78 is 6.78. The van der Waals surface area contributed by atoms with Crippen molar-refractivity contribution in [1.82, 2.24) is 15.1 Å². The fraction of sp³-hybridized carbons (Fsp3) is 0.250. The maximum Gasteiger partial charge on any atom is 0.276 e. The van der Waals surface area contributed by atoms with Gasteiger partial charge in [-0.2, -0.15) is 5.10 Å². The van der Waals surface area contributed by atoms with Crippen LogP contribution in [0, 0.1) is 5.92 Å². The molecule has 0 radical (unpaired) electrons. The van der Waals surface area contributed by atoms with Crippen LogP contribution in [0.1, 0.15) is 34.7 Å². The molecule has 2 N–H and O–H groups in total. The first-order valence-corrected chi connectivity index (χ1v) is 10.4. The molecular weight excluding hydrogens is 408 g/mol. The van der Waals surface area contributed by atoms with E-state index in [0.717, 1.165) is 0 Å². The lowest BCUT2D eigenvalue weighted by Gasteiger charge is -2.13. The number of carbonyl (C=O) groups excluding carboxylic acids is 2. The molecule has 8 heteroatoms. The van der Waals surface area contributed by atoms with Crippen molar-refractivity contribution in [1.29, 1.82) is 0 Å². The van der Waals surface area contributed by atoms with Gasteiger partial charge in [0.1, 0.15) is 18.1 Å². The average Bonchev–Trinajstić information content (AvgIpc) is 2.79. The van der Waals surface area contributed by atoms with Crippen molar-refractivity contribution >= 4 is 17.5 Å². The third kappa shape index (κ3) is 6.28. The maximum absolute atomic E-state index is 12.8. The smallest absolute Gasteiger partial charge is 0.276 e. The standard InChI is InChI=1S/C24H26N4O4/c1-17(2)16-25-23(30)19-10-6-7-11-20(19)26-24(31)21-12-13-22(29)28(27-21)14-15-32-18-8-4-3-5-9-18/h3-13,17H,14-16H2,1-2H3,(H,25,30)(H,26,31). The van der Waals surface area contributed by atoms with Crippen LogP contribution in [0.25, 0.3) is 0 Å². The first kappa shape index (κ1) is 22.7. The molecule has 8 nitrogen and oxygen atoms in total. The van der Waals surface area contributed by atoms with E-state index in [2.05, 4.69) is 15.7 Å². The van der Waals surface area contributed by atoms with E-state index in [1.807, 2.05) is 44.2 Å². The lowest BCUT2D eigenvalue weighted by molar-refractivity contribution is 0.0950. The second-order valence-corrected chi connectivity index (χ2v) is 7.55. The minimum atomic E-state index is -0.521. The minimum Gasteiger partial charge on any atom is -0.492 e. The number of benzene rings is 2. The number of ether oxygens (including phenoxy) is 1. The number of nitrogens with one attached hydrogen (secondary N) is 2. The van der Waals surface area contributed by atoms with Crippen LogP contribution in [-0.4, -0.2) is 34.7 Å². The first-order chi connectivity index (χ1) is 15.4. The molecule has 1 aromatic heterocycles. The van der Waals surface area contributed by atoms with Crippen LogP contribution < -0.4 is 20.9 Å². The highest BCUT2D eigenvalue weighted by molar-refractivity contribution is 6.08. The zero-order valence-electron chi connectivity index (χ0n) is 18.1. The van der Waals surface area contributed by atoms with Gasteiger partial charge < -0.3 is 15.4 Å². The average molecular weight is 434 g/mol. The van der Waals surface area contributed by atoms with Gasteiger partial charge >= 0.3 is 0 Å². The summed E-state index contributed by atoms with van der Waals surface area (Å²) in [7, 11) is 0. The summed E-state index contributed by atoms with van der Waals surface area (Å²) in [6.07, 6.45) is 0. The Kier molecular flexibility index (Phi) is 7.75. The quantitative estimate of drug-likeness (QED) is 0.539. The fourth-order valence-corrected chi connectivity index (χ4v) is 2.87. The van der Waals surface area contributed by atoms with Gasteiger partial charge in [-0.1, -0.05) is 44.2 Å². The van der Waals surface area contributed by atoms with Crippen molar-refractivity contribution in [2.45, 2.75) is 20.4 Å². The summed E-state index contributed by atoms with van der Waals surface area (Å²) >= 11 is 0. The molecule has 0 aliphatic carbocycles. The highest BCUT2D eigenvalue weighted by Gasteiger charge is 2.16. The summed E-state index contributed by atoms with van der Waals surface area (Å²) in [4.78, 5) is 37.4. The topological polar surface area (TPSA) is 102 Å². The van der Waals surface area contributed by atoms with E-state index < -0.39 is 5.91 Å². The van der Waals surface area contributed by atoms with Crippen LogP contribution in [0.5, 0.6) is 5.75 Å². The third-order valence-corrected chi connectivity index (χ3v) is 4.51. The molecule has 0 aliphatic rings. The molecule has 2 aromatic carbocycles. The van der Waals surface area contributed by atoms with Gasteiger partial charge in [0.15, 0.2) is 0 Å². The maximum atomic E-state index is 12.8. The van der Waals surface area contributed by atoms with E-state index in [1.165, 1.54) is 16.8 Å². The Morgan fingerprint density at radius 1 is 0.969 bits per heavy atom. The Morgan fingerprint density at radius 3 is 2.44 bits per heavy atom. The molecule has 2 amide bonds. The molecule has 0 unspecified atom stereocenters. The van der Waals surface area contributed by atoms with Crippen molar-refractivity contribution in [3.63, 3.8) is 0 Å². The number of hydrogen-bond acceptors (Lipinski definition) is 5. The monoisotopic (exact) mass is 434 g/mol. The molecule has 1 heterocycles. The molecule has 0 aliphatic heterocycles. The molecule has 166 valence electrons. The molecule has 0 atom stereocenters. The van der Waals surface area contributed by atoms with Crippen molar-refractivity contribution in [3.8, 4) is 5.75 Å². The van der Waals surface area contributed by atoms with Gasteiger partial charge in [-0.25, -0.2) is 4.68 Å². The molecule has 32 heavy (non-hydrogen) atoms. The second kappa shape index (κ2) is 10.9. The number of anilines is 1. The number of nitrogens with zero attached hydrogens (tertiary/aromatic N) is 2. The van der Waals surface area contributed by atoms with Crippen LogP contribution in [0.4, 0.5) is 5.69 Å². The summed E-state index contributed by atoms with van der Waals surface area (Å²) in [6, 6.07) is 18.6. The Hall–Kier alpha value is -3.94. The SMILES string of the molecule is CC(C)CNC(=O)c1ccccc1NC(=O)c1ccc(=O)n(CCOc2ccccc2)n1. The van der Waals surface area contributed by atoms with Gasteiger partial charge in [-0.3, -0.25) is 14.4 Å². The van der Waals surface area contributed by atoms with Gasteiger partial charge in [0.25, 0.3) is 17.4 Å². The van der Waals surface area contributed by atoms with E-state index in [0.29, 0.717) is 29.5 Å². The molecule has 0 bridgehead atoms. The normalized spacial score (nSPS) is 10.6. The van der Waals surface area contributed by atoms with E-state index in [4.69, 9.17) is 4.74 Å². The van der Waals surface area contributed by atoms with Crippen molar-refractivity contribution in [2.24, 2.45) is 5.92 Å². The van der Waals surface area contributed by atoms with E-state index >= 15 is 0 Å². The van der Waals surface area contributed by atoms with Crippen LogP contribution in [0.2, 0.25) is 0 Å². The molecule has 0 fully saturated rings.